The standard InChI is InChI=1S/C24H27N3O3S/c1-27(2)24-26-20-22(29-16-18-11-7-4-8-12-18)21(19(13-14-25)30-23(20)31-24)28-15-17-9-5-3-6-10-17/h3-12,19-23H,13,15-16H2,1-2H3/t19-,20-,21-,22-,23-/m1/s1. The number of aliphatic imine (C=N–C) groups is 1. The summed E-state index contributed by atoms with van der Waals surface area (Å²) in [6.45, 7) is 0.882. The van der Waals surface area contributed by atoms with Crippen molar-refractivity contribution in [1.82, 2.24) is 4.90 Å². The van der Waals surface area contributed by atoms with Gasteiger partial charge in [0.1, 0.15) is 29.8 Å². The van der Waals surface area contributed by atoms with Crippen molar-refractivity contribution in [2.45, 2.75) is 49.4 Å². The maximum atomic E-state index is 9.43. The van der Waals surface area contributed by atoms with E-state index < -0.39 is 6.10 Å². The summed E-state index contributed by atoms with van der Waals surface area (Å²) in [7, 11) is 3.94. The van der Waals surface area contributed by atoms with Gasteiger partial charge in [-0.1, -0.05) is 72.4 Å². The van der Waals surface area contributed by atoms with Gasteiger partial charge < -0.3 is 19.1 Å². The molecule has 5 atom stereocenters. The molecule has 0 aliphatic carbocycles. The SMILES string of the molecule is CN(C)C1=N[C@@H]2[C@@H](OCc3ccccc3)[C@H](OCc3ccccc3)[C@@H](CC#N)O[C@@H]2S1. The number of benzene rings is 2. The molecule has 2 aliphatic rings. The van der Waals surface area contributed by atoms with Gasteiger partial charge >= 0.3 is 0 Å². The minimum Gasteiger partial charge on any atom is -0.368 e. The van der Waals surface area contributed by atoms with Crippen molar-refractivity contribution in [2.24, 2.45) is 4.99 Å². The van der Waals surface area contributed by atoms with Crippen molar-refractivity contribution in [3.8, 4) is 6.07 Å². The van der Waals surface area contributed by atoms with Gasteiger partial charge in [0.2, 0.25) is 0 Å². The highest BCUT2D eigenvalue weighted by atomic mass is 32.2. The second-order valence-corrected chi connectivity index (χ2v) is 8.91. The third-order valence-corrected chi connectivity index (χ3v) is 6.64. The van der Waals surface area contributed by atoms with Gasteiger partial charge in [0.05, 0.1) is 25.7 Å². The molecule has 0 amide bonds. The van der Waals surface area contributed by atoms with Gasteiger partial charge in [-0.05, 0) is 11.1 Å². The lowest BCUT2D eigenvalue weighted by Crippen LogP contribution is -2.56. The highest BCUT2D eigenvalue weighted by Gasteiger charge is 2.51. The first-order valence-electron chi connectivity index (χ1n) is 10.4. The molecule has 0 saturated carbocycles. The van der Waals surface area contributed by atoms with Crippen LogP contribution in [0.2, 0.25) is 0 Å². The van der Waals surface area contributed by atoms with Crippen LogP contribution in [0, 0.1) is 11.3 Å². The summed E-state index contributed by atoms with van der Waals surface area (Å²) in [4.78, 5) is 6.88. The first kappa shape index (κ1) is 21.8. The maximum Gasteiger partial charge on any atom is 0.161 e. The smallest absolute Gasteiger partial charge is 0.161 e. The first-order valence-corrected chi connectivity index (χ1v) is 11.3. The number of hydrogen-bond donors (Lipinski definition) is 0. The fourth-order valence-electron chi connectivity index (χ4n) is 3.79. The third-order valence-electron chi connectivity index (χ3n) is 5.34. The van der Waals surface area contributed by atoms with E-state index in [9.17, 15) is 5.26 Å². The molecular weight excluding hydrogens is 410 g/mol. The normalized spacial score (nSPS) is 27.3. The van der Waals surface area contributed by atoms with E-state index in [-0.39, 0.29) is 30.1 Å². The second-order valence-electron chi connectivity index (χ2n) is 7.84. The van der Waals surface area contributed by atoms with Crippen molar-refractivity contribution < 1.29 is 14.2 Å². The van der Waals surface area contributed by atoms with Crippen molar-refractivity contribution in [1.29, 1.82) is 5.26 Å². The summed E-state index contributed by atoms with van der Waals surface area (Å²) in [5.74, 6) is 0. The molecule has 2 aromatic rings. The van der Waals surface area contributed by atoms with E-state index in [2.05, 4.69) is 6.07 Å². The van der Waals surface area contributed by atoms with Crippen LogP contribution in [0.3, 0.4) is 0 Å². The average molecular weight is 438 g/mol. The molecule has 0 radical (unpaired) electrons. The maximum absolute atomic E-state index is 9.43. The number of nitrogens with zero attached hydrogens (tertiary/aromatic N) is 3. The number of hydrogen-bond acceptors (Lipinski definition) is 7. The zero-order valence-corrected chi connectivity index (χ0v) is 18.6. The molecule has 0 spiro atoms. The molecule has 1 fully saturated rings. The monoisotopic (exact) mass is 437 g/mol. The topological polar surface area (TPSA) is 67.1 Å². The van der Waals surface area contributed by atoms with Crippen molar-refractivity contribution in [3.05, 3.63) is 71.8 Å². The predicted octanol–water partition coefficient (Wildman–Crippen LogP) is 3.83. The van der Waals surface area contributed by atoms with Crippen LogP contribution in [0.15, 0.2) is 65.7 Å². The fraction of sp³-hybridized carbons (Fsp3) is 0.417. The Kier molecular flexibility index (Phi) is 7.25. The molecule has 162 valence electrons. The lowest BCUT2D eigenvalue weighted by Gasteiger charge is -2.42. The Hall–Kier alpha value is -2.37. The van der Waals surface area contributed by atoms with Crippen LogP contribution >= 0.6 is 11.8 Å². The summed E-state index contributed by atoms with van der Waals surface area (Å²) in [6.07, 6.45) is -0.840. The van der Waals surface area contributed by atoms with Gasteiger partial charge in [-0.15, -0.1) is 0 Å². The molecule has 2 heterocycles. The molecular formula is C24H27N3O3S. The molecule has 4 rings (SSSR count). The lowest BCUT2D eigenvalue weighted by atomic mass is 9.95. The highest BCUT2D eigenvalue weighted by Crippen LogP contribution is 2.40. The summed E-state index contributed by atoms with van der Waals surface area (Å²) < 4.78 is 19.1. The third kappa shape index (κ3) is 5.28. The zero-order chi connectivity index (χ0) is 21.6. The highest BCUT2D eigenvalue weighted by molar-refractivity contribution is 8.14. The Morgan fingerprint density at radius 1 is 0.968 bits per heavy atom. The molecule has 0 unspecified atom stereocenters. The Bertz CT molecular complexity index is 917. The molecule has 0 bridgehead atoms. The number of ether oxygens (including phenoxy) is 3. The summed E-state index contributed by atoms with van der Waals surface area (Å²) in [5.41, 5.74) is 1.97. The van der Waals surface area contributed by atoms with Gasteiger partial charge in [-0.2, -0.15) is 5.26 Å². The fourth-order valence-corrected chi connectivity index (χ4v) is 4.94. The van der Waals surface area contributed by atoms with E-state index in [1.54, 1.807) is 11.8 Å². The molecule has 7 heteroatoms. The summed E-state index contributed by atoms with van der Waals surface area (Å²) in [5, 5.41) is 10.3. The van der Waals surface area contributed by atoms with Gasteiger partial charge in [0.25, 0.3) is 0 Å². The average Bonchev–Trinajstić information content (AvgIpc) is 3.22. The Morgan fingerprint density at radius 3 is 2.10 bits per heavy atom. The van der Waals surface area contributed by atoms with E-state index in [1.165, 1.54) is 0 Å². The molecule has 0 N–H and O–H groups in total. The van der Waals surface area contributed by atoms with E-state index >= 15 is 0 Å². The second kappa shape index (κ2) is 10.3. The van der Waals surface area contributed by atoms with E-state index in [0.29, 0.717) is 13.2 Å². The number of amidine groups is 1. The van der Waals surface area contributed by atoms with Crippen LogP contribution in [0.5, 0.6) is 0 Å². The van der Waals surface area contributed by atoms with E-state index in [4.69, 9.17) is 19.2 Å². The molecule has 1 saturated heterocycles. The van der Waals surface area contributed by atoms with Gasteiger partial charge in [0, 0.05) is 14.1 Å². The Labute approximate surface area is 187 Å². The van der Waals surface area contributed by atoms with Crippen LogP contribution in [0.1, 0.15) is 17.5 Å². The zero-order valence-electron chi connectivity index (χ0n) is 17.8. The van der Waals surface area contributed by atoms with Crippen LogP contribution in [-0.4, -0.2) is 54.0 Å². The molecule has 6 nitrogen and oxygen atoms in total. The predicted molar refractivity (Wildman–Crippen MR) is 121 cm³/mol. The minimum absolute atomic E-state index is 0.187. The van der Waals surface area contributed by atoms with Gasteiger partial charge in [-0.25, -0.2) is 0 Å². The van der Waals surface area contributed by atoms with Crippen LogP contribution in [-0.2, 0) is 27.4 Å². The van der Waals surface area contributed by atoms with Gasteiger partial charge in [-0.3, -0.25) is 4.99 Å². The minimum atomic E-state index is -0.393. The van der Waals surface area contributed by atoms with Crippen molar-refractivity contribution in [3.63, 3.8) is 0 Å². The molecule has 2 aliphatic heterocycles. The quantitative estimate of drug-likeness (QED) is 0.656. The number of rotatable bonds is 7. The van der Waals surface area contributed by atoms with Crippen LogP contribution in [0.25, 0.3) is 0 Å². The number of thioether (sulfide) groups is 1. The Morgan fingerprint density at radius 2 is 1.55 bits per heavy atom. The Balaban J connectivity index is 1.58. The number of nitriles is 1. The van der Waals surface area contributed by atoms with Crippen molar-refractivity contribution >= 4 is 16.9 Å². The first-order chi connectivity index (χ1) is 15.2. The molecule has 0 aromatic heterocycles. The molecule has 31 heavy (non-hydrogen) atoms. The van der Waals surface area contributed by atoms with E-state index in [1.807, 2.05) is 79.7 Å². The number of fused-ring (bicyclic) bond motifs is 1. The van der Waals surface area contributed by atoms with E-state index in [0.717, 1.165) is 16.3 Å². The van der Waals surface area contributed by atoms with Gasteiger partial charge in [0.15, 0.2) is 5.17 Å². The summed E-state index contributed by atoms with van der Waals surface area (Å²) in [6, 6.07) is 22.2. The lowest BCUT2D eigenvalue weighted by molar-refractivity contribution is -0.196. The molecule has 2 aromatic carbocycles. The van der Waals surface area contributed by atoms with Crippen LogP contribution < -0.4 is 0 Å². The summed E-state index contributed by atoms with van der Waals surface area (Å²) >= 11 is 1.58. The largest absolute Gasteiger partial charge is 0.368 e. The van der Waals surface area contributed by atoms with Crippen LogP contribution in [0.4, 0.5) is 0 Å². The van der Waals surface area contributed by atoms with Crippen molar-refractivity contribution in [2.75, 3.05) is 14.1 Å².